The second kappa shape index (κ2) is 5.64. The molecular weight excluding hydrogens is 252 g/mol. The van der Waals surface area contributed by atoms with Gasteiger partial charge in [0.15, 0.2) is 0 Å². The van der Waals surface area contributed by atoms with Gasteiger partial charge >= 0.3 is 5.97 Å². The van der Waals surface area contributed by atoms with Gasteiger partial charge < -0.3 is 9.64 Å². The third-order valence-corrected chi connectivity index (χ3v) is 5.46. The van der Waals surface area contributed by atoms with E-state index in [0.717, 1.165) is 25.2 Å². The lowest BCUT2D eigenvalue weighted by Gasteiger charge is -2.36. The molecule has 0 bridgehead atoms. The highest BCUT2D eigenvalue weighted by molar-refractivity contribution is 5.81. The van der Waals surface area contributed by atoms with E-state index in [9.17, 15) is 4.79 Å². The molecule has 0 aromatic rings. The number of esters is 1. The van der Waals surface area contributed by atoms with Crippen LogP contribution < -0.4 is 5.32 Å². The van der Waals surface area contributed by atoms with Crippen molar-refractivity contribution in [2.75, 3.05) is 20.2 Å². The van der Waals surface area contributed by atoms with E-state index < -0.39 is 5.54 Å². The first kappa shape index (κ1) is 14.3. The number of piperidine rings is 1. The summed E-state index contributed by atoms with van der Waals surface area (Å²) in [6.45, 7) is 4.75. The lowest BCUT2D eigenvalue weighted by molar-refractivity contribution is -0.148. The van der Waals surface area contributed by atoms with Crippen LogP contribution in [0, 0.1) is 5.92 Å². The van der Waals surface area contributed by atoms with E-state index in [-0.39, 0.29) is 5.97 Å². The van der Waals surface area contributed by atoms with Gasteiger partial charge in [-0.3, -0.25) is 10.1 Å². The topological polar surface area (TPSA) is 41.6 Å². The normalized spacial score (nSPS) is 36.2. The van der Waals surface area contributed by atoms with Crippen molar-refractivity contribution in [2.24, 2.45) is 5.92 Å². The number of methoxy groups -OCH3 is 1. The summed E-state index contributed by atoms with van der Waals surface area (Å²) < 4.78 is 5.10. The van der Waals surface area contributed by atoms with Crippen LogP contribution >= 0.6 is 0 Å². The average molecular weight is 280 g/mol. The molecule has 2 atom stereocenters. The van der Waals surface area contributed by atoms with Crippen LogP contribution in [0.3, 0.4) is 0 Å². The van der Waals surface area contributed by atoms with E-state index in [0.29, 0.717) is 12.1 Å². The van der Waals surface area contributed by atoms with Gasteiger partial charge in [-0.2, -0.15) is 0 Å². The Balaban J connectivity index is 1.64. The molecule has 4 nitrogen and oxygen atoms in total. The van der Waals surface area contributed by atoms with E-state index in [1.807, 2.05) is 0 Å². The number of nitrogens with one attached hydrogen (secondary N) is 1. The summed E-state index contributed by atoms with van der Waals surface area (Å²) in [5, 5.41) is 3.59. The Morgan fingerprint density at radius 1 is 1.20 bits per heavy atom. The third-order valence-electron chi connectivity index (χ3n) is 5.46. The number of carbonyl (C=O) groups is 1. The van der Waals surface area contributed by atoms with E-state index in [4.69, 9.17) is 4.74 Å². The van der Waals surface area contributed by atoms with Gasteiger partial charge in [-0.05, 0) is 64.0 Å². The zero-order valence-corrected chi connectivity index (χ0v) is 12.9. The van der Waals surface area contributed by atoms with Crippen molar-refractivity contribution in [1.29, 1.82) is 0 Å². The van der Waals surface area contributed by atoms with Gasteiger partial charge in [-0.25, -0.2) is 0 Å². The predicted octanol–water partition coefficient (Wildman–Crippen LogP) is 1.93. The Hall–Kier alpha value is -0.610. The van der Waals surface area contributed by atoms with E-state index in [1.54, 1.807) is 0 Å². The highest BCUT2D eigenvalue weighted by atomic mass is 16.5. The molecule has 1 saturated heterocycles. The second-order valence-corrected chi connectivity index (χ2v) is 7.11. The molecule has 1 aliphatic heterocycles. The highest BCUT2D eigenvalue weighted by Crippen LogP contribution is 2.38. The number of likely N-dealkylation sites (tertiary alicyclic amines) is 1. The predicted molar refractivity (Wildman–Crippen MR) is 78.5 cm³/mol. The fourth-order valence-corrected chi connectivity index (χ4v) is 3.91. The number of carbonyl (C=O) groups excluding carboxylic acids is 1. The van der Waals surface area contributed by atoms with Crippen LogP contribution in [0.5, 0.6) is 0 Å². The van der Waals surface area contributed by atoms with Crippen molar-refractivity contribution < 1.29 is 9.53 Å². The number of hydrogen-bond acceptors (Lipinski definition) is 4. The first-order chi connectivity index (χ1) is 9.63. The van der Waals surface area contributed by atoms with Gasteiger partial charge in [0.2, 0.25) is 0 Å². The van der Waals surface area contributed by atoms with Gasteiger partial charge in [-0.1, -0.05) is 6.92 Å². The molecule has 0 spiro atoms. The molecule has 0 aromatic heterocycles. The van der Waals surface area contributed by atoms with Crippen molar-refractivity contribution in [1.82, 2.24) is 10.2 Å². The maximum absolute atomic E-state index is 12.3. The molecule has 1 N–H and O–H groups in total. The minimum Gasteiger partial charge on any atom is -0.468 e. The largest absolute Gasteiger partial charge is 0.468 e. The van der Waals surface area contributed by atoms with Crippen molar-refractivity contribution in [3.05, 3.63) is 0 Å². The summed E-state index contributed by atoms with van der Waals surface area (Å²) >= 11 is 0. The van der Waals surface area contributed by atoms with Gasteiger partial charge in [0.1, 0.15) is 5.54 Å². The number of hydrogen-bond donors (Lipinski definition) is 1. The maximum atomic E-state index is 12.3. The summed E-state index contributed by atoms with van der Waals surface area (Å²) in [5.74, 6) is 0.819. The molecule has 3 fully saturated rings. The summed E-state index contributed by atoms with van der Waals surface area (Å²) in [5.41, 5.74) is -0.399. The molecule has 2 aliphatic carbocycles. The Labute approximate surface area is 122 Å². The minimum absolute atomic E-state index is 0.0442. The lowest BCUT2D eigenvalue weighted by Crippen LogP contribution is -2.53. The molecule has 114 valence electrons. The molecular formula is C16H28N2O2. The number of nitrogens with zero attached hydrogens (tertiary/aromatic N) is 1. The average Bonchev–Trinajstić information content (AvgIpc) is 3.16. The lowest BCUT2D eigenvalue weighted by atomic mass is 9.95. The molecule has 20 heavy (non-hydrogen) atoms. The van der Waals surface area contributed by atoms with Crippen LogP contribution in [0.1, 0.15) is 51.9 Å². The number of rotatable bonds is 4. The summed E-state index contributed by atoms with van der Waals surface area (Å²) in [6.07, 6.45) is 8.03. The van der Waals surface area contributed by atoms with Gasteiger partial charge in [-0.15, -0.1) is 0 Å². The van der Waals surface area contributed by atoms with Crippen LogP contribution in [0.2, 0.25) is 0 Å². The van der Waals surface area contributed by atoms with Gasteiger partial charge in [0.25, 0.3) is 0 Å². The van der Waals surface area contributed by atoms with Gasteiger partial charge in [0.05, 0.1) is 7.11 Å². The standard InChI is InChI=1S/C16H28N2O2/c1-12-6-9-18(10-7-12)14-5-8-16(11-14,15(19)20-2)17-13-3-4-13/h12-14,17H,3-11H2,1-2H3. The molecule has 2 unspecified atom stereocenters. The van der Waals surface area contributed by atoms with E-state index in [1.165, 1.54) is 45.9 Å². The fraction of sp³-hybridized carbons (Fsp3) is 0.938. The van der Waals surface area contributed by atoms with Crippen LogP contribution in [0.15, 0.2) is 0 Å². The molecule has 0 radical (unpaired) electrons. The second-order valence-electron chi connectivity index (χ2n) is 7.11. The van der Waals surface area contributed by atoms with Crippen molar-refractivity contribution >= 4 is 5.97 Å². The fourth-order valence-electron chi connectivity index (χ4n) is 3.91. The highest BCUT2D eigenvalue weighted by Gasteiger charge is 2.50. The summed E-state index contributed by atoms with van der Waals surface area (Å²) in [4.78, 5) is 14.9. The van der Waals surface area contributed by atoms with Crippen molar-refractivity contribution in [3.63, 3.8) is 0 Å². The zero-order valence-electron chi connectivity index (χ0n) is 12.9. The Morgan fingerprint density at radius 2 is 1.90 bits per heavy atom. The molecule has 3 aliphatic rings. The van der Waals surface area contributed by atoms with Crippen molar-refractivity contribution in [3.8, 4) is 0 Å². The zero-order chi connectivity index (χ0) is 14.2. The first-order valence-electron chi connectivity index (χ1n) is 8.23. The number of ether oxygens (including phenoxy) is 1. The Kier molecular flexibility index (Phi) is 4.04. The minimum atomic E-state index is -0.399. The van der Waals surface area contributed by atoms with Gasteiger partial charge in [0, 0.05) is 12.1 Å². The van der Waals surface area contributed by atoms with E-state index in [2.05, 4.69) is 17.1 Å². The molecule has 1 heterocycles. The molecule has 4 heteroatoms. The SMILES string of the molecule is COC(=O)C1(NC2CC2)CCC(N2CCC(C)CC2)C1. The van der Waals surface area contributed by atoms with Crippen LogP contribution in [-0.4, -0.2) is 48.7 Å². The molecule has 0 amide bonds. The summed E-state index contributed by atoms with van der Waals surface area (Å²) in [7, 11) is 1.52. The Bertz CT molecular complexity index is 361. The van der Waals surface area contributed by atoms with Crippen LogP contribution in [0.4, 0.5) is 0 Å². The Morgan fingerprint density at radius 3 is 2.50 bits per heavy atom. The van der Waals surface area contributed by atoms with Crippen LogP contribution in [-0.2, 0) is 9.53 Å². The third kappa shape index (κ3) is 2.86. The quantitative estimate of drug-likeness (QED) is 0.799. The smallest absolute Gasteiger partial charge is 0.326 e. The summed E-state index contributed by atoms with van der Waals surface area (Å²) in [6, 6.07) is 1.11. The first-order valence-corrected chi connectivity index (χ1v) is 8.23. The van der Waals surface area contributed by atoms with E-state index >= 15 is 0 Å². The molecule has 0 aromatic carbocycles. The van der Waals surface area contributed by atoms with Crippen LogP contribution in [0.25, 0.3) is 0 Å². The molecule has 2 saturated carbocycles. The molecule has 3 rings (SSSR count). The monoisotopic (exact) mass is 280 g/mol. The van der Waals surface area contributed by atoms with Crippen molar-refractivity contribution in [2.45, 2.75) is 69.5 Å². The maximum Gasteiger partial charge on any atom is 0.326 e.